The Labute approximate surface area is 86.7 Å². The summed E-state index contributed by atoms with van der Waals surface area (Å²) in [5, 5.41) is 0. The van der Waals surface area contributed by atoms with Gasteiger partial charge in [-0.05, 0) is 24.7 Å². The lowest BCUT2D eigenvalue weighted by atomic mass is 9.75. The molecule has 1 aliphatic rings. The fraction of sp³-hybridized carbons (Fsp3) is 0.667. The van der Waals surface area contributed by atoms with Gasteiger partial charge in [0.1, 0.15) is 0 Å². The molecule has 1 heterocycles. The molecule has 1 saturated heterocycles. The lowest BCUT2D eigenvalue weighted by Gasteiger charge is -2.41. The molecule has 0 aromatic heterocycles. The molecule has 1 atom stereocenters. The zero-order valence-electron chi connectivity index (χ0n) is 8.88. The summed E-state index contributed by atoms with van der Waals surface area (Å²) in [6, 6.07) is 0. The maximum Gasteiger partial charge on any atom is 0.219 e. The van der Waals surface area contributed by atoms with Crippen LogP contribution < -0.4 is 0 Å². The molecule has 77 valence electrons. The van der Waals surface area contributed by atoms with Crippen LogP contribution in [0.25, 0.3) is 0 Å². The average Bonchev–Trinajstić information content (AvgIpc) is 2.18. The van der Waals surface area contributed by atoms with E-state index in [1.165, 1.54) is 0 Å². The first-order chi connectivity index (χ1) is 6.63. The number of amides is 1. The largest absolute Gasteiger partial charge is 0.342 e. The standard InChI is InChI=1S/C12H18NO/c1-4-7-12(5-2)8-6-9-13(10-12)11(3)14/h1H,2,5-10H2,3H3. The highest BCUT2D eigenvalue weighted by Gasteiger charge is 2.33. The van der Waals surface area contributed by atoms with E-state index in [0.717, 1.165) is 38.8 Å². The summed E-state index contributed by atoms with van der Waals surface area (Å²) >= 11 is 0. The van der Waals surface area contributed by atoms with Crippen LogP contribution in [0.4, 0.5) is 0 Å². The van der Waals surface area contributed by atoms with Crippen LogP contribution in [0, 0.1) is 24.7 Å². The van der Waals surface area contributed by atoms with E-state index in [1.54, 1.807) is 6.92 Å². The van der Waals surface area contributed by atoms with Crippen LogP contribution in [0.3, 0.4) is 0 Å². The van der Waals surface area contributed by atoms with Crippen LogP contribution >= 0.6 is 0 Å². The molecule has 1 rings (SSSR count). The van der Waals surface area contributed by atoms with Gasteiger partial charge in [0.05, 0.1) is 0 Å². The van der Waals surface area contributed by atoms with Crippen LogP contribution in [0.15, 0.2) is 0 Å². The summed E-state index contributed by atoms with van der Waals surface area (Å²) in [6.45, 7) is 7.24. The molecule has 1 amide bonds. The van der Waals surface area contributed by atoms with Crippen LogP contribution in [-0.4, -0.2) is 23.9 Å². The Hall–Kier alpha value is -0.970. The number of hydrogen-bond acceptors (Lipinski definition) is 1. The Kier molecular flexibility index (Phi) is 3.57. The number of nitrogens with zero attached hydrogens (tertiary/aromatic N) is 1. The molecule has 2 heteroatoms. The second-order valence-corrected chi connectivity index (χ2v) is 4.18. The van der Waals surface area contributed by atoms with Gasteiger partial charge >= 0.3 is 0 Å². The van der Waals surface area contributed by atoms with Gasteiger partial charge in [0.25, 0.3) is 0 Å². The van der Waals surface area contributed by atoms with Crippen molar-refractivity contribution < 1.29 is 4.79 Å². The summed E-state index contributed by atoms with van der Waals surface area (Å²) < 4.78 is 0. The van der Waals surface area contributed by atoms with Crippen molar-refractivity contribution in [1.82, 2.24) is 4.90 Å². The minimum absolute atomic E-state index is 0.0820. The minimum Gasteiger partial charge on any atom is -0.342 e. The Morgan fingerprint density at radius 3 is 2.93 bits per heavy atom. The maximum absolute atomic E-state index is 11.3. The predicted molar refractivity (Wildman–Crippen MR) is 57.3 cm³/mol. The van der Waals surface area contributed by atoms with Crippen LogP contribution in [0.5, 0.6) is 0 Å². The van der Waals surface area contributed by atoms with E-state index in [9.17, 15) is 4.79 Å². The Morgan fingerprint density at radius 2 is 2.43 bits per heavy atom. The summed E-state index contributed by atoms with van der Waals surface area (Å²) in [5.41, 5.74) is 0.0820. The van der Waals surface area contributed by atoms with Gasteiger partial charge < -0.3 is 4.90 Å². The number of hydrogen-bond donors (Lipinski definition) is 0. The topological polar surface area (TPSA) is 20.3 Å². The van der Waals surface area contributed by atoms with Gasteiger partial charge in [-0.15, -0.1) is 12.3 Å². The Balaban J connectivity index is 2.69. The molecule has 0 N–H and O–H groups in total. The van der Waals surface area contributed by atoms with Crippen molar-refractivity contribution in [2.45, 2.75) is 32.6 Å². The second-order valence-electron chi connectivity index (χ2n) is 4.18. The fourth-order valence-electron chi connectivity index (χ4n) is 2.13. The van der Waals surface area contributed by atoms with Gasteiger partial charge in [-0.3, -0.25) is 4.79 Å². The van der Waals surface area contributed by atoms with E-state index < -0.39 is 0 Å². The molecule has 1 aliphatic heterocycles. The van der Waals surface area contributed by atoms with Crippen molar-refractivity contribution in [3.05, 3.63) is 6.92 Å². The highest BCUT2D eigenvalue weighted by Crippen LogP contribution is 2.36. The summed E-state index contributed by atoms with van der Waals surface area (Å²) in [5.74, 6) is 2.86. The number of piperidine rings is 1. The zero-order chi connectivity index (χ0) is 10.6. The lowest BCUT2D eigenvalue weighted by molar-refractivity contribution is -0.132. The molecular weight excluding hydrogens is 174 g/mol. The van der Waals surface area contributed by atoms with Crippen molar-refractivity contribution in [1.29, 1.82) is 0 Å². The quantitative estimate of drug-likeness (QED) is 0.612. The third-order valence-electron chi connectivity index (χ3n) is 3.11. The molecule has 0 aromatic rings. The third-order valence-corrected chi connectivity index (χ3v) is 3.11. The molecule has 0 saturated carbocycles. The van der Waals surface area contributed by atoms with Crippen LogP contribution in [0.1, 0.15) is 32.6 Å². The minimum atomic E-state index is 0.0820. The van der Waals surface area contributed by atoms with E-state index in [-0.39, 0.29) is 11.3 Å². The van der Waals surface area contributed by atoms with Crippen molar-refractivity contribution >= 4 is 5.91 Å². The van der Waals surface area contributed by atoms with E-state index in [4.69, 9.17) is 6.42 Å². The van der Waals surface area contributed by atoms with Crippen molar-refractivity contribution in [3.63, 3.8) is 0 Å². The molecular formula is C12H18NO. The number of likely N-dealkylation sites (tertiary alicyclic amines) is 1. The highest BCUT2D eigenvalue weighted by molar-refractivity contribution is 5.73. The van der Waals surface area contributed by atoms with Gasteiger partial charge in [-0.1, -0.05) is 6.92 Å². The van der Waals surface area contributed by atoms with E-state index in [0.29, 0.717) is 0 Å². The Bertz CT molecular complexity index is 254. The number of carbonyl (C=O) groups excluding carboxylic acids is 1. The summed E-state index contributed by atoms with van der Waals surface area (Å²) in [4.78, 5) is 13.2. The number of rotatable bonds is 2. The van der Waals surface area contributed by atoms with E-state index in [1.807, 2.05) is 4.90 Å². The molecule has 0 bridgehead atoms. The first kappa shape index (κ1) is 11.1. The van der Waals surface area contributed by atoms with Gasteiger partial charge in [0, 0.05) is 26.4 Å². The SMILES string of the molecule is C#CCC1(C[CH2])CCCN(C(C)=O)C1. The predicted octanol–water partition coefficient (Wildman–Crippen LogP) is 1.86. The molecule has 1 unspecified atom stereocenters. The summed E-state index contributed by atoms with van der Waals surface area (Å²) in [6.07, 6.45) is 9.07. The van der Waals surface area contributed by atoms with Gasteiger partial charge in [-0.2, -0.15) is 0 Å². The van der Waals surface area contributed by atoms with Crippen molar-refractivity contribution in [2.75, 3.05) is 13.1 Å². The second kappa shape index (κ2) is 4.50. The van der Waals surface area contributed by atoms with Crippen molar-refractivity contribution in [2.24, 2.45) is 5.41 Å². The monoisotopic (exact) mass is 192 g/mol. The molecule has 0 aliphatic carbocycles. The van der Waals surface area contributed by atoms with Gasteiger partial charge in [-0.25, -0.2) is 0 Å². The lowest BCUT2D eigenvalue weighted by Crippen LogP contribution is -2.45. The van der Waals surface area contributed by atoms with Crippen LogP contribution in [0.2, 0.25) is 0 Å². The zero-order valence-corrected chi connectivity index (χ0v) is 8.88. The molecule has 14 heavy (non-hydrogen) atoms. The van der Waals surface area contributed by atoms with Gasteiger partial charge in [0.15, 0.2) is 0 Å². The third kappa shape index (κ3) is 2.29. The van der Waals surface area contributed by atoms with Crippen molar-refractivity contribution in [3.8, 4) is 12.3 Å². The van der Waals surface area contributed by atoms with E-state index >= 15 is 0 Å². The highest BCUT2D eigenvalue weighted by atomic mass is 16.2. The maximum atomic E-state index is 11.3. The Morgan fingerprint density at radius 1 is 1.71 bits per heavy atom. The smallest absolute Gasteiger partial charge is 0.219 e. The number of terminal acetylenes is 1. The van der Waals surface area contributed by atoms with Crippen LogP contribution in [-0.2, 0) is 4.79 Å². The normalized spacial score (nSPS) is 27.1. The molecule has 0 spiro atoms. The average molecular weight is 192 g/mol. The molecule has 1 fully saturated rings. The summed E-state index contributed by atoms with van der Waals surface area (Å²) in [7, 11) is 0. The first-order valence-electron chi connectivity index (χ1n) is 5.12. The van der Waals surface area contributed by atoms with Gasteiger partial charge in [0.2, 0.25) is 5.91 Å². The molecule has 0 aromatic carbocycles. The first-order valence-corrected chi connectivity index (χ1v) is 5.12. The fourth-order valence-corrected chi connectivity index (χ4v) is 2.13. The number of carbonyl (C=O) groups is 1. The molecule has 1 radical (unpaired) electrons. The molecule has 2 nitrogen and oxygen atoms in total. The van der Waals surface area contributed by atoms with E-state index in [2.05, 4.69) is 12.8 Å².